The van der Waals surface area contributed by atoms with Gasteiger partial charge in [-0.1, -0.05) is 36.7 Å². The van der Waals surface area contributed by atoms with E-state index in [1.165, 1.54) is 5.56 Å². The number of allylic oxidation sites excluding steroid dienone is 1. The molecule has 0 radical (unpaired) electrons. The van der Waals surface area contributed by atoms with Gasteiger partial charge in [0.2, 0.25) is 10.0 Å². The second kappa shape index (κ2) is 14.5. The number of anilines is 1. The van der Waals surface area contributed by atoms with Crippen molar-refractivity contribution in [3.63, 3.8) is 0 Å². The molecule has 1 fully saturated rings. The van der Waals surface area contributed by atoms with Crippen LogP contribution in [0.15, 0.2) is 48.6 Å². The van der Waals surface area contributed by atoms with E-state index in [4.69, 9.17) is 25.8 Å². The molecule has 2 aliphatic heterocycles. The van der Waals surface area contributed by atoms with Crippen molar-refractivity contribution in [2.24, 2.45) is 17.8 Å². The van der Waals surface area contributed by atoms with Crippen molar-refractivity contribution in [3.05, 3.63) is 70.3 Å². The van der Waals surface area contributed by atoms with Crippen LogP contribution in [-0.4, -0.2) is 59.6 Å². The molecule has 4 atom stereocenters. The van der Waals surface area contributed by atoms with Crippen LogP contribution < -0.4 is 14.4 Å². The number of nitrogens with zero attached hydrogens (tertiary/aromatic N) is 1. The molecule has 2 heterocycles. The van der Waals surface area contributed by atoms with Gasteiger partial charge >= 0.3 is 0 Å². The van der Waals surface area contributed by atoms with Crippen molar-refractivity contribution in [2.45, 2.75) is 58.2 Å². The maximum Gasteiger partial charge on any atom is 0.264 e. The zero-order valence-corrected chi connectivity index (χ0v) is 26.7. The monoisotopic (exact) mass is 630 g/mol. The van der Waals surface area contributed by atoms with Crippen molar-refractivity contribution < 1.29 is 27.4 Å². The van der Waals surface area contributed by atoms with Crippen LogP contribution in [0.3, 0.4) is 0 Å². The Balaban J connectivity index is 1.51. The average Bonchev–Trinajstić information content (AvgIpc) is 2.97. The van der Waals surface area contributed by atoms with Crippen molar-refractivity contribution in [3.8, 4) is 5.75 Å². The van der Waals surface area contributed by atoms with E-state index < -0.39 is 15.9 Å². The Morgan fingerprint density at radius 1 is 1.09 bits per heavy atom. The highest BCUT2D eigenvalue weighted by atomic mass is 35.5. The molecule has 1 amide bonds. The van der Waals surface area contributed by atoms with E-state index >= 15 is 0 Å². The zero-order valence-electron chi connectivity index (χ0n) is 25.1. The van der Waals surface area contributed by atoms with Crippen LogP contribution in [0.25, 0.3) is 0 Å². The molecule has 1 N–H and O–H groups in total. The topological polar surface area (TPSA) is 94.2 Å². The Labute approximate surface area is 260 Å². The minimum absolute atomic E-state index is 0.0736. The van der Waals surface area contributed by atoms with Crippen molar-refractivity contribution >= 4 is 33.2 Å². The number of nitrogens with one attached hydrogen (secondary N) is 1. The molecule has 8 nitrogen and oxygen atoms in total. The molecule has 1 saturated carbocycles. The number of rotatable bonds is 4. The van der Waals surface area contributed by atoms with Gasteiger partial charge in [-0.3, -0.25) is 4.79 Å². The van der Waals surface area contributed by atoms with Gasteiger partial charge in [0.25, 0.3) is 5.91 Å². The number of halogens is 1. The van der Waals surface area contributed by atoms with Crippen LogP contribution in [0.5, 0.6) is 5.75 Å². The highest BCUT2D eigenvalue weighted by molar-refractivity contribution is 7.90. The molecular weight excluding hydrogens is 588 g/mol. The number of carbonyl (C=O) groups excluding carboxylic acids is 1. The quantitative estimate of drug-likeness (QED) is 0.338. The van der Waals surface area contributed by atoms with E-state index in [2.05, 4.69) is 15.7 Å². The zero-order chi connectivity index (χ0) is 30.4. The summed E-state index contributed by atoms with van der Waals surface area (Å²) in [4.78, 5) is 15.6. The minimum atomic E-state index is -3.83. The second-order valence-electron chi connectivity index (χ2n) is 12.1. The predicted molar refractivity (Wildman–Crippen MR) is 169 cm³/mol. The number of methoxy groups -OCH3 is 1. The molecule has 5 rings (SSSR count). The third kappa shape index (κ3) is 8.32. The van der Waals surface area contributed by atoms with Gasteiger partial charge in [-0.05, 0) is 97.7 Å². The fourth-order valence-electron chi connectivity index (χ4n) is 6.34. The normalized spacial score (nSPS) is 26.9. The van der Waals surface area contributed by atoms with Crippen molar-refractivity contribution in [2.75, 3.05) is 44.1 Å². The molecule has 1 aliphatic carbocycles. The van der Waals surface area contributed by atoms with Gasteiger partial charge in [0.1, 0.15) is 12.4 Å². The Morgan fingerprint density at radius 3 is 2.74 bits per heavy atom. The van der Waals surface area contributed by atoms with Crippen molar-refractivity contribution in [1.29, 1.82) is 0 Å². The molecule has 0 aromatic heterocycles. The highest BCUT2D eigenvalue weighted by Crippen LogP contribution is 2.42. The van der Waals surface area contributed by atoms with E-state index in [0.717, 1.165) is 56.4 Å². The summed E-state index contributed by atoms with van der Waals surface area (Å²) in [6, 6.07) is 11.1. The molecule has 43 heavy (non-hydrogen) atoms. The molecule has 2 bridgehead atoms. The first-order valence-corrected chi connectivity index (χ1v) is 17.4. The molecule has 0 saturated heterocycles. The molecule has 10 heteroatoms. The lowest BCUT2D eigenvalue weighted by molar-refractivity contribution is -0.0308. The first kappa shape index (κ1) is 31.8. The lowest BCUT2D eigenvalue weighted by Crippen LogP contribution is -2.44. The van der Waals surface area contributed by atoms with E-state index in [-0.39, 0.29) is 17.8 Å². The number of fused-ring (bicyclic) bond motifs is 3. The molecule has 0 spiro atoms. The lowest BCUT2D eigenvalue weighted by Gasteiger charge is -2.44. The first-order valence-electron chi connectivity index (χ1n) is 15.3. The number of ether oxygens (including phenoxy) is 3. The SMILES string of the molecule is COCCO[C@H]1/C=C/C[C@H](C)CS(=O)(=O)NC(=O)c2ccc3c(c2)N(CCCCc2cc(Cl)ccc2CO3)C[C@@H]2CC[C@H]21. The second-order valence-corrected chi connectivity index (χ2v) is 14.3. The molecule has 2 aromatic rings. The van der Waals surface area contributed by atoms with E-state index in [9.17, 15) is 13.2 Å². The van der Waals surface area contributed by atoms with Gasteiger partial charge in [-0.25, -0.2) is 13.1 Å². The number of sulfonamides is 1. The third-order valence-corrected chi connectivity index (χ3v) is 10.5. The van der Waals surface area contributed by atoms with Crippen LogP contribution in [0.1, 0.15) is 60.5 Å². The fourth-order valence-corrected chi connectivity index (χ4v) is 7.90. The summed E-state index contributed by atoms with van der Waals surface area (Å²) < 4.78 is 46.2. The van der Waals surface area contributed by atoms with Gasteiger partial charge < -0.3 is 19.1 Å². The van der Waals surface area contributed by atoms with E-state index in [1.54, 1.807) is 25.3 Å². The summed E-state index contributed by atoms with van der Waals surface area (Å²) in [6.07, 6.45) is 9.62. The fraction of sp³-hybridized carbons (Fsp3) is 0.545. The summed E-state index contributed by atoms with van der Waals surface area (Å²) in [6.45, 7) is 4.84. The average molecular weight is 631 g/mol. The smallest absolute Gasteiger partial charge is 0.264 e. The van der Waals surface area contributed by atoms with Crippen LogP contribution in [0, 0.1) is 17.8 Å². The lowest BCUT2D eigenvalue weighted by atomic mass is 9.70. The van der Waals surface area contributed by atoms with E-state index in [1.807, 2.05) is 31.2 Å². The van der Waals surface area contributed by atoms with Gasteiger partial charge in [-0.2, -0.15) is 0 Å². The molecule has 2 aromatic carbocycles. The Kier molecular flexibility index (Phi) is 10.7. The van der Waals surface area contributed by atoms with Gasteiger partial charge in [0, 0.05) is 30.8 Å². The van der Waals surface area contributed by atoms with Gasteiger partial charge in [0.05, 0.1) is 30.8 Å². The van der Waals surface area contributed by atoms with Crippen LogP contribution in [0.2, 0.25) is 5.02 Å². The van der Waals surface area contributed by atoms with Crippen molar-refractivity contribution in [1.82, 2.24) is 4.72 Å². The summed E-state index contributed by atoms with van der Waals surface area (Å²) in [5.74, 6) is 0.462. The van der Waals surface area contributed by atoms with E-state index in [0.29, 0.717) is 54.4 Å². The first-order chi connectivity index (χ1) is 20.7. The Bertz CT molecular complexity index is 1410. The molecular formula is C33H43ClN2O6S. The highest BCUT2D eigenvalue weighted by Gasteiger charge is 2.38. The number of hydrogen-bond donors (Lipinski definition) is 1. The summed E-state index contributed by atoms with van der Waals surface area (Å²) in [5.41, 5.74) is 3.37. The van der Waals surface area contributed by atoms with Crippen LogP contribution in [-0.2, 0) is 32.5 Å². The summed E-state index contributed by atoms with van der Waals surface area (Å²) in [5, 5.41) is 0.715. The Hall–Kier alpha value is -2.59. The van der Waals surface area contributed by atoms with Crippen LogP contribution in [0.4, 0.5) is 5.69 Å². The number of carbonyl (C=O) groups is 1. The standard InChI is InChI=1S/C33H43ClN2O6S/c1-23-6-5-8-31(41-17-16-40-2)29-13-10-26(29)20-36-15-4-3-7-24-18-28(34)12-9-27(24)21-42-32-14-11-25(19-30(32)36)33(37)35-43(38,39)22-23/h5,8-9,11-12,14,18-19,23,26,29,31H,3-4,6-7,10,13,15-17,20-22H2,1-2H3,(H,35,37)/b8-5+/t23-,26-,29+,31-/m0/s1. The van der Waals surface area contributed by atoms with Gasteiger partial charge in [-0.15, -0.1) is 0 Å². The minimum Gasteiger partial charge on any atom is -0.487 e. The molecule has 234 valence electrons. The summed E-state index contributed by atoms with van der Waals surface area (Å²) in [7, 11) is -2.17. The number of hydrogen-bond acceptors (Lipinski definition) is 7. The third-order valence-electron chi connectivity index (χ3n) is 8.80. The summed E-state index contributed by atoms with van der Waals surface area (Å²) >= 11 is 6.32. The number of amides is 1. The number of benzene rings is 2. The Morgan fingerprint density at radius 2 is 1.95 bits per heavy atom. The molecule has 0 unspecified atom stereocenters. The maximum absolute atomic E-state index is 13.2. The largest absolute Gasteiger partial charge is 0.487 e. The molecule has 3 aliphatic rings. The van der Waals surface area contributed by atoms with Gasteiger partial charge in [0.15, 0.2) is 0 Å². The van der Waals surface area contributed by atoms with Crippen LogP contribution >= 0.6 is 11.6 Å². The maximum atomic E-state index is 13.2. The predicted octanol–water partition coefficient (Wildman–Crippen LogP) is 5.78. The number of aryl methyl sites for hydroxylation is 1.